The summed E-state index contributed by atoms with van der Waals surface area (Å²) < 4.78 is 8.15. The first-order chi connectivity index (χ1) is 29.5. The third-order valence-electron chi connectivity index (χ3n) is 12.2. The number of rotatable bonds is 6. The number of thiophene rings is 4. The molecule has 0 amide bonds. The highest BCUT2D eigenvalue weighted by Crippen LogP contribution is 2.46. The maximum Gasteiger partial charge on any atom is 0.0542 e. The summed E-state index contributed by atoms with van der Waals surface area (Å²) in [6.45, 7) is 4.46. The van der Waals surface area contributed by atoms with E-state index in [1.165, 1.54) is 128 Å². The van der Waals surface area contributed by atoms with Gasteiger partial charge in [0.2, 0.25) is 0 Å². The smallest absolute Gasteiger partial charge is 0.0542 e. The van der Waals surface area contributed by atoms with Gasteiger partial charge in [0.15, 0.2) is 0 Å². The number of fused-ring (bicyclic) bond motifs is 7. The molecular weight excluding hydrogens is 801 g/mol. The SMILES string of the molecule is Cc1cc(-c2ccc(-c3ccc4c(c3)sc3c5ccc(-c6ccc(-c7ccc(-c8csc9ccccc89)c(C)c7)cc6)cc5sc43)cc2)ccc1-c1csc2ccccc12. The lowest BCUT2D eigenvalue weighted by molar-refractivity contribution is 1.46. The van der Waals surface area contributed by atoms with E-state index in [-0.39, 0.29) is 0 Å². The van der Waals surface area contributed by atoms with Crippen molar-refractivity contribution in [2.75, 3.05) is 0 Å². The van der Waals surface area contributed by atoms with E-state index in [2.05, 4.69) is 194 Å². The van der Waals surface area contributed by atoms with Crippen LogP contribution in [0.25, 0.3) is 117 Å². The fourth-order valence-corrected chi connectivity index (χ4v) is 13.6. The van der Waals surface area contributed by atoms with Crippen molar-refractivity contribution >= 4 is 95.1 Å². The lowest BCUT2D eigenvalue weighted by atomic mass is 9.94. The van der Waals surface area contributed by atoms with Gasteiger partial charge in [0.25, 0.3) is 0 Å². The van der Waals surface area contributed by atoms with Gasteiger partial charge in [-0.1, -0.05) is 146 Å². The fraction of sp³-hybridized carbons (Fsp3) is 0.0357. The lowest BCUT2D eigenvalue weighted by Gasteiger charge is -2.10. The number of aryl methyl sites for hydroxylation is 2. The highest BCUT2D eigenvalue weighted by atomic mass is 32.1. The average molecular weight is 837 g/mol. The molecule has 0 atom stereocenters. The van der Waals surface area contributed by atoms with Crippen LogP contribution in [0.15, 0.2) is 181 Å². The zero-order valence-corrected chi connectivity index (χ0v) is 36.2. The van der Waals surface area contributed by atoms with E-state index >= 15 is 0 Å². The molecule has 4 heteroatoms. The van der Waals surface area contributed by atoms with E-state index in [9.17, 15) is 0 Å². The van der Waals surface area contributed by atoms with Crippen LogP contribution in [-0.4, -0.2) is 0 Å². The van der Waals surface area contributed by atoms with Gasteiger partial charge in [-0.15, -0.1) is 45.3 Å². The second kappa shape index (κ2) is 14.3. The Kier molecular flexibility index (Phi) is 8.50. The molecule has 12 rings (SSSR count). The Labute approximate surface area is 364 Å². The Balaban J connectivity index is 0.784. The summed E-state index contributed by atoms with van der Waals surface area (Å²) in [5.74, 6) is 0. The van der Waals surface area contributed by atoms with Crippen LogP contribution in [0.3, 0.4) is 0 Å². The molecule has 284 valence electrons. The molecule has 0 fully saturated rings. The molecule has 0 radical (unpaired) electrons. The summed E-state index contributed by atoms with van der Waals surface area (Å²) in [7, 11) is 0. The maximum absolute atomic E-state index is 2.38. The van der Waals surface area contributed by atoms with Crippen molar-refractivity contribution in [2.45, 2.75) is 13.8 Å². The molecule has 4 heterocycles. The molecule has 0 aliphatic rings. The van der Waals surface area contributed by atoms with Gasteiger partial charge in [-0.05, 0) is 116 Å². The quantitative estimate of drug-likeness (QED) is 0.157. The van der Waals surface area contributed by atoms with Gasteiger partial charge in [-0.3, -0.25) is 0 Å². The Bertz CT molecular complexity index is 3370. The van der Waals surface area contributed by atoms with E-state index in [0.29, 0.717) is 0 Å². The minimum absolute atomic E-state index is 1.24. The molecule has 0 N–H and O–H groups in total. The first-order valence-corrected chi connectivity index (χ1v) is 23.7. The summed E-state index contributed by atoms with van der Waals surface area (Å²) in [4.78, 5) is 0. The average Bonchev–Trinajstić information content (AvgIpc) is 4.08. The molecular formula is C56H36S4. The van der Waals surface area contributed by atoms with Gasteiger partial charge in [0.1, 0.15) is 0 Å². The molecule has 0 unspecified atom stereocenters. The van der Waals surface area contributed by atoms with Crippen LogP contribution in [0.5, 0.6) is 0 Å². The molecule has 8 aromatic carbocycles. The van der Waals surface area contributed by atoms with Gasteiger partial charge in [0.05, 0.1) is 9.40 Å². The normalized spacial score (nSPS) is 11.8. The van der Waals surface area contributed by atoms with E-state index in [0.717, 1.165) is 0 Å². The van der Waals surface area contributed by atoms with Gasteiger partial charge in [-0.2, -0.15) is 0 Å². The fourth-order valence-electron chi connectivity index (χ4n) is 8.99. The molecule has 12 aromatic rings. The lowest BCUT2D eigenvalue weighted by Crippen LogP contribution is -1.86. The molecule has 0 spiro atoms. The summed E-state index contributed by atoms with van der Waals surface area (Å²) in [5.41, 5.74) is 17.9. The van der Waals surface area contributed by atoms with Crippen LogP contribution < -0.4 is 0 Å². The monoisotopic (exact) mass is 836 g/mol. The maximum atomic E-state index is 2.38. The molecule has 0 saturated heterocycles. The van der Waals surface area contributed by atoms with Gasteiger partial charge in [0, 0.05) is 51.5 Å². The standard InChI is InChI=1S/C56H36S4/c1-33-27-39(19-23-43(33)49-31-57-51-9-5-3-7-45(49)51)35-11-15-37(16-12-35)41-21-25-47-53(29-41)59-56-48-26-22-42(30-54(48)60-55(47)56)38-17-13-36(14-18-38)40-20-24-44(34(2)28-40)50-32-58-52-10-6-4-8-46(50)52/h3-32H,1-2H3. The second-order valence-corrected chi connectivity index (χ2v) is 19.7. The highest BCUT2D eigenvalue weighted by molar-refractivity contribution is 7.36. The molecule has 0 nitrogen and oxygen atoms in total. The van der Waals surface area contributed by atoms with Crippen LogP contribution in [0, 0.1) is 13.8 Å². The first kappa shape index (κ1) is 35.8. The van der Waals surface area contributed by atoms with E-state index in [1.54, 1.807) is 0 Å². The first-order valence-electron chi connectivity index (χ1n) is 20.3. The van der Waals surface area contributed by atoms with Crippen molar-refractivity contribution < 1.29 is 0 Å². The van der Waals surface area contributed by atoms with Gasteiger partial charge in [-0.25, -0.2) is 0 Å². The zero-order chi connectivity index (χ0) is 39.9. The third kappa shape index (κ3) is 5.97. The van der Waals surface area contributed by atoms with Crippen LogP contribution in [0.2, 0.25) is 0 Å². The number of hydrogen-bond donors (Lipinski definition) is 0. The Morgan fingerprint density at radius 2 is 0.633 bits per heavy atom. The van der Waals surface area contributed by atoms with E-state index in [4.69, 9.17) is 0 Å². The molecule has 60 heavy (non-hydrogen) atoms. The molecule has 0 saturated carbocycles. The van der Waals surface area contributed by atoms with Crippen LogP contribution in [0.1, 0.15) is 11.1 Å². The van der Waals surface area contributed by atoms with E-state index in [1.807, 2.05) is 45.3 Å². The predicted molar refractivity (Wildman–Crippen MR) is 268 cm³/mol. The zero-order valence-electron chi connectivity index (χ0n) is 33.0. The van der Waals surface area contributed by atoms with Gasteiger partial charge >= 0.3 is 0 Å². The van der Waals surface area contributed by atoms with Crippen LogP contribution in [-0.2, 0) is 0 Å². The predicted octanol–water partition coefficient (Wildman–Crippen LogP) is 18.3. The third-order valence-corrected chi connectivity index (χ3v) is 16.6. The van der Waals surface area contributed by atoms with Crippen molar-refractivity contribution in [1.29, 1.82) is 0 Å². The molecule has 4 aromatic heterocycles. The molecule has 0 bridgehead atoms. The largest absolute Gasteiger partial charge is 0.143 e. The second-order valence-electron chi connectivity index (χ2n) is 15.8. The van der Waals surface area contributed by atoms with Gasteiger partial charge < -0.3 is 0 Å². The summed E-state index contributed by atoms with van der Waals surface area (Å²) in [5, 5.41) is 9.96. The highest BCUT2D eigenvalue weighted by Gasteiger charge is 2.16. The summed E-state index contributed by atoms with van der Waals surface area (Å²) >= 11 is 7.49. The van der Waals surface area contributed by atoms with Crippen molar-refractivity contribution in [2.24, 2.45) is 0 Å². The molecule has 0 aliphatic heterocycles. The number of benzene rings is 8. The van der Waals surface area contributed by atoms with Crippen molar-refractivity contribution in [3.8, 4) is 66.8 Å². The summed E-state index contributed by atoms with van der Waals surface area (Å²) in [6, 6.07) is 63.4. The topological polar surface area (TPSA) is 0 Å². The summed E-state index contributed by atoms with van der Waals surface area (Å²) in [6.07, 6.45) is 0. The minimum Gasteiger partial charge on any atom is -0.143 e. The Morgan fingerprint density at radius 1 is 0.283 bits per heavy atom. The van der Waals surface area contributed by atoms with E-state index < -0.39 is 0 Å². The van der Waals surface area contributed by atoms with Crippen LogP contribution >= 0.6 is 45.3 Å². The number of hydrogen-bond acceptors (Lipinski definition) is 4. The van der Waals surface area contributed by atoms with Crippen LogP contribution in [0.4, 0.5) is 0 Å². The van der Waals surface area contributed by atoms with Crippen molar-refractivity contribution in [1.82, 2.24) is 0 Å². The van der Waals surface area contributed by atoms with Crippen molar-refractivity contribution in [3.05, 3.63) is 192 Å². The Morgan fingerprint density at radius 3 is 1.03 bits per heavy atom. The minimum atomic E-state index is 1.24. The molecule has 0 aliphatic carbocycles. The Hall–Kier alpha value is -6.14. The van der Waals surface area contributed by atoms with Crippen molar-refractivity contribution in [3.63, 3.8) is 0 Å².